The summed E-state index contributed by atoms with van der Waals surface area (Å²) in [6, 6.07) is 3.57. The molecule has 1 heterocycles. The number of hydrogen-bond donors (Lipinski definition) is 0. The minimum Gasteiger partial charge on any atom is -0.469 e. The van der Waals surface area contributed by atoms with Crippen LogP contribution in [-0.4, -0.2) is 23.8 Å². The number of methoxy groups -OCH3 is 1. The molecule has 0 aliphatic heterocycles. The van der Waals surface area contributed by atoms with E-state index in [2.05, 4.69) is 9.72 Å². The monoisotopic (exact) mass is 245 g/mol. The van der Waals surface area contributed by atoms with Crippen LogP contribution in [0.3, 0.4) is 0 Å². The van der Waals surface area contributed by atoms with Crippen molar-refractivity contribution in [2.75, 3.05) is 12.9 Å². The number of ether oxygens (including phenoxy) is 1. The second-order valence-electron chi connectivity index (χ2n) is 2.84. The summed E-state index contributed by atoms with van der Waals surface area (Å²) in [4.78, 5) is 15.0. The topological polar surface area (TPSA) is 39.2 Å². The van der Waals surface area contributed by atoms with Gasteiger partial charge in [-0.05, 0) is 12.1 Å². The van der Waals surface area contributed by atoms with Crippen LogP contribution in [0.2, 0.25) is 5.02 Å². The maximum absolute atomic E-state index is 10.8. The van der Waals surface area contributed by atoms with Gasteiger partial charge < -0.3 is 4.74 Å². The van der Waals surface area contributed by atoms with E-state index in [1.54, 1.807) is 24.0 Å². The van der Waals surface area contributed by atoms with Gasteiger partial charge in [-0.3, -0.25) is 9.78 Å². The average molecular weight is 246 g/mol. The molecule has 0 aromatic carbocycles. The molecular formula is C10H12ClNO2S. The van der Waals surface area contributed by atoms with Crippen molar-refractivity contribution in [3.05, 3.63) is 29.0 Å². The highest BCUT2D eigenvalue weighted by atomic mass is 35.5. The van der Waals surface area contributed by atoms with Crippen molar-refractivity contribution in [3.63, 3.8) is 0 Å². The SMILES string of the molecule is COC(=O)CCSCc1cc(Cl)ccn1. The van der Waals surface area contributed by atoms with Gasteiger partial charge in [0, 0.05) is 22.7 Å². The van der Waals surface area contributed by atoms with E-state index in [0.29, 0.717) is 11.4 Å². The normalized spacial score (nSPS) is 10.0. The van der Waals surface area contributed by atoms with Crippen LogP contribution >= 0.6 is 23.4 Å². The Morgan fingerprint density at radius 2 is 2.47 bits per heavy atom. The first-order valence-electron chi connectivity index (χ1n) is 4.47. The standard InChI is InChI=1S/C10H12ClNO2S/c1-14-10(13)3-5-15-7-9-6-8(11)2-4-12-9/h2,4,6H,3,5,7H2,1H3. The van der Waals surface area contributed by atoms with Crippen LogP contribution in [-0.2, 0) is 15.3 Å². The highest BCUT2D eigenvalue weighted by Gasteiger charge is 2.01. The van der Waals surface area contributed by atoms with Crippen LogP contribution in [0.25, 0.3) is 0 Å². The van der Waals surface area contributed by atoms with Gasteiger partial charge >= 0.3 is 5.97 Å². The second-order valence-corrected chi connectivity index (χ2v) is 4.39. The van der Waals surface area contributed by atoms with Gasteiger partial charge in [0.1, 0.15) is 0 Å². The fraction of sp³-hybridized carbons (Fsp3) is 0.400. The van der Waals surface area contributed by atoms with E-state index in [4.69, 9.17) is 11.6 Å². The highest BCUT2D eigenvalue weighted by Crippen LogP contribution is 2.14. The zero-order valence-corrected chi connectivity index (χ0v) is 9.98. The van der Waals surface area contributed by atoms with Gasteiger partial charge in [-0.1, -0.05) is 11.6 Å². The van der Waals surface area contributed by atoms with E-state index < -0.39 is 0 Å². The molecule has 1 rings (SSSR count). The lowest BCUT2D eigenvalue weighted by Gasteiger charge is -2.01. The van der Waals surface area contributed by atoms with Crippen LogP contribution in [0.5, 0.6) is 0 Å². The molecule has 0 N–H and O–H groups in total. The lowest BCUT2D eigenvalue weighted by molar-refractivity contribution is -0.140. The Morgan fingerprint density at radius 3 is 3.13 bits per heavy atom. The van der Waals surface area contributed by atoms with E-state index in [1.807, 2.05) is 6.07 Å². The number of carbonyl (C=O) groups is 1. The van der Waals surface area contributed by atoms with Crippen molar-refractivity contribution >= 4 is 29.3 Å². The zero-order chi connectivity index (χ0) is 11.1. The van der Waals surface area contributed by atoms with E-state index >= 15 is 0 Å². The van der Waals surface area contributed by atoms with Crippen molar-refractivity contribution in [2.24, 2.45) is 0 Å². The summed E-state index contributed by atoms with van der Waals surface area (Å²) in [5.41, 5.74) is 0.928. The molecule has 0 fully saturated rings. The number of pyridine rings is 1. The van der Waals surface area contributed by atoms with Crippen LogP contribution in [0.4, 0.5) is 0 Å². The molecule has 82 valence electrons. The number of rotatable bonds is 5. The van der Waals surface area contributed by atoms with Crippen molar-refractivity contribution in [1.29, 1.82) is 0 Å². The highest BCUT2D eigenvalue weighted by molar-refractivity contribution is 7.98. The predicted molar refractivity (Wildman–Crippen MR) is 62.0 cm³/mol. The molecule has 0 saturated heterocycles. The van der Waals surface area contributed by atoms with E-state index in [1.165, 1.54) is 7.11 Å². The van der Waals surface area contributed by atoms with Crippen LogP contribution in [0.1, 0.15) is 12.1 Å². The van der Waals surface area contributed by atoms with Crippen LogP contribution < -0.4 is 0 Å². The van der Waals surface area contributed by atoms with Crippen molar-refractivity contribution in [1.82, 2.24) is 4.98 Å². The molecule has 15 heavy (non-hydrogen) atoms. The van der Waals surface area contributed by atoms with Gasteiger partial charge in [0.2, 0.25) is 0 Å². The molecule has 1 aromatic rings. The molecule has 0 amide bonds. The Morgan fingerprint density at radius 1 is 1.67 bits per heavy atom. The molecule has 3 nitrogen and oxygen atoms in total. The maximum Gasteiger partial charge on any atom is 0.306 e. The molecule has 5 heteroatoms. The van der Waals surface area contributed by atoms with Gasteiger partial charge in [-0.2, -0.15) is 11.8 Å². The van der Waals surface area contributed by atoms with Crippen LogP contribution in [0.15, 0.2) is 18.3 Å². The first-order valence-corrected chi connectivity index (χ1v) is 6.00. The number of thioether (sulfide) groups is 1. The Balaban J connectivity index is 2.23. The predicted octanol–water partition coefficient (Wildman–Crippen LogP) is 2.53. The Labute approximate surface area is 98.2 Å². The average Bonchev–Trinajstić information content (AvgIpc) is 2.24. The summed E-state index contributed by atoms with van der Waals surface area (Å²) in [5, 5.41) is 0.688. The molecule has 0 bridgehead atoms. The summed E-state index contributed by atoms with van der Waals surface area (Å²) >= 11 is 7.44. The smallest absolute Gasteiger partial charge is 0.306 e. The number of hydrogen-bond acceptors (Lipinski definition) is 4. The molecule has 1 aromatic heterocycles. The Kier molecular flexibility index (Phi) is 5.50. The largest absolute Gasteiger partial charge is 0.469 e. The van der Waals surface area contributed by atoms with Crippen molar-refractivity contribution < 1.29 is 9.53 Å². The number of carbonyl (C=O) groups excluding carboxylic acids is 1. The molecule has 0 unspecified atom stereocenters. The molecule has 0 aliphatic carbocycles. The zero-order valence-electron chi connectivity index (χ0n) is 8.40. The second kappa shape index (κ2) is 6.69. The molecule has 0 spiro atoms. The molecule has 0 aliphatic rings. The third-order valence-electron chi connectivity index (χ3n) is 1.71. The first kappa shape index (κ1) is 12.3. The fourth-order valence-electron chi connectivity index (χ4n) is 0.962. The van der Waals surface area contributed by atoms with Gasteiger partial charge in [-0.15, -0.1) is 0 Å². The third kappa shape index (κ3) is 5.04. The van der Waals surface area contributed by atoms with Crippen LogP contribution in [0, 0.1) is 0 Å². The number of aromatic nitrogens is 1. The first-order chi connectivity index (χ1) is 7.22. The van der Waals surface area contributed by atoms with Gasteiger partial charge in [0.05, 0.1) is 19.2 Å². The van der Waals surface area contributed by atoms with Gasteiger partial charge in [-0.25, -0.2) is 0 Å². The minimum absolute atomic E-state index is 0.179. The maximum atomic E-state index is 10.8. The molecular weight excluding hydrogens is 234 g/mol. The van der Waals surface area contributed by atoms with Crippen molar-refractivity contribution in [2.45, 2.75) is 12.2 Å². The molecule has 0 radical (unpaired) electrons. The quantitative estimate of drug-likeness (QED) is 0.590. The molecule has 0 atom stereocenters. The summed E-state index contributed by atoms with van der Waals surface area (Å²) in [7, 11) is 1.39. The van der Waals surface area contributed by atoms with E-state index in [0.717, 1.165) is 17.2 Å². The van der Waals surface area contributed by atoms with Gasteiger partial charge in [0.25, 0.3) is 0 Å². The van der Waals surface area contributed by atoms with E-state index in [-0.39, 0.29) is 5.97 Å². The Bertz CT molecular complexity index is 333. The number of halogens is 1. The molecule has 0 saturated carbocycles. The summed E-state index contributed by atoms with van der Waals surface area (Å²) in [5.74, 6) is 1.32. The number of esters is 1. The Hall–Kier alpha value is -0.740. The lowest BCUT2D eigenvalue weighted by atomic mass is 10.4. The van der Waals surface area contributed by atoms with Gasteiger partial charge in [0.15, 0.2) is 0 Å². The third-order valence-corrected chi connectivity index (χ3v) is 2.93. The summed E-state index contributed by atoms with van der Waals surface area (Å²) in [6.45, 7) is 0. The number of nitrogens with zero attached hydrogens (tertiary/aromatic N) is 1. The summed E-state index contributed by atoms with van der Waals surface area (Å²) < 4.78 is 4.53. The lowest BCUT2D eigenvalue weighted by Crippen LogP contribution is -2.01. The summed E-state index contributed by atoms with van der Waals surface area (Å²) in [6.07, 6.45) is 2.11. The van der Waals surface area contributed by atoms with E-state index in [9.17, 15) is 4.79 Å². The van der Waals surface area contributed by atoms with Crippen molar-refractivity contribution in [3.8, 4) is 0 Å². The minimum atomic E-state index is -0.179. The fourth-order valence-corrected chi connectivity index (χ4v) is 1.97.